The van der Waals surface area contributed by atoms with Gasteiger partial charge in [-0.05, 0) is 0 Å². The molecular formula is C9H11N5O2. The average Bonchev–Trinajstić information content (AvgIpc) is 2.91. The fourth-order valence-electron chi connectivity index (χ4n) is 1.73. The summed E-state index contributed by atoms with van der Waals surface area (Å²) in [6, 6.07) is 0. The number of aromatic nitrogens is 4. The molecule has 2 aromatic rings. The smallest absolute Gasteiger partial charge is 0.165 e. The maximum Gasteiger partial charge on any atom is 0.165 e. The van der Waals surface area contributed by atoms with Gasteiger partial charge in [-0.25, -0.2) is 15.0 Å². The van der Waals surface area contributed by atoms with Crippen molar-refractivity contribution in [2.75, 3.05) is 12.3 Å². The number of aliphatic hydroxyl groups is 1. The monoisotopic (exact) mass is 221 g/mol. The number of nitrogens with zero attached hydrogens (tertiary/aromatic N) is 4. The third-order valence-corrected chi connectivity index (χ3v) is 2.67. The molecule has 7 heteroatoms. The summed E-state index contributed by atoms with van der Waals surface area (Å²) in [6.45, 7) is 0.673. The van der Waals surface area contributed by atoms with Crippen LogP contribution >= 0.6 is 0 Å². The second kappa shape index (κ2) is 3.39. The van der Waals surface area contributed by atoms with Crippen LogP contribution in [0.15, 0.2) is 12.7 Å². The second-order valence-electron chi connectivity index (χ2n) is 3.72. The van der Waals surface area contributed by atoms with Crippen LogP contribution in [0.4, 0.5) is 5.82 Å². The normalized spacial score (nSPS) is 23.8. The van der Waals surface area contributed by atoms with E-state index in [1.165, 1.54) is 6.33 Å². The Morgan fingerprint density at radius 2 is 2.25 bits per heavy atom. The van der Waals surface area contributed by atoms with E-state index < -0.39 is 0 Å². The molecule has 1 aliphatic rings. The van der Waals surface area contributed by atoms with Gasteiger partial charge in [0.2, 0.25) is 0 Å². The van der Waals surface area contributed by atoms with Gasteiger partial charge in [-0.2, -0.15) is 0 Å². The first-order valence-corrected chi connectivity index (χ1v) is 4.97. The molecule has 0 aliphatic carbocycles. The van der Waals surface area contributed by atoms with Gasteiger partial charge in [0.1, 0.15) is 24.1 Å². The summed E-state index contributed by atoms with van der Waals surface area (Å²) in [4.78, 5) is 12.1. The van der Waals surface area contributed by atoms with Crippen molar-refractivity contribution >= 4 is 17.0 Å². The van der Waals surface area contributed by atoms with E-state index in [9.17, 15) is 0 Å². The van der Waals surface area contributed by atoms with Gasteiger partial charge in [0.15, 0.2) is 11.5 Å². The highest BCUT2D eigenvalue weighted by Crippen LogP contribution is 2.24. The fraction of sp³-hybridized carbons (Fsp3) is 0.444. The number of epoxide rings is 1. The third-order valence-electron chi connectivity index (χ3n) is 2.67. The van der Waals surface area contributed by atoms with Crippen LogP contribution in [0.2, 0.25) is 0 Å². The van der Waals surface area contributed by atoms with Gasteiger partial charge in [-0.3, -0.25) is 0 Å². The van der Waals surface area contributed by atoms with Crippen molar-refractivity contribution in [2.24, 2.45) is 0 Å². The molecule has 0 amide bonds. The molecule has 1 saturated heterocycles. The van der Waals surface area contributed by atoms with Gasteiger partial charge in [-0.1, -0.05) is 0 Å². The molecule has 0 bridgehead atoms. The van der Waals surface area contributed by atoms with Gasteiger partial charge in [0.25, 0.3) is 0 Å². The van der Waals surface area contributed by atoms with E-state index in [1.54, 1.807) is 6.33 Å². The number of aliphatic hydroxyl groups excluding tert-OH is 1. The van der Waals surface area contributed by atoms with Crippen LogP contribution in [-0.4, -0.2) is 43.4 Å². The summed E-state index contributed by atoms with van der Waals surface area (Å²) in [5, 5.41) is 8.87. The number of nitrogens with two attached hydrogens (primary N) is 1. The quantitative estimate of drug-likeness (QED) is 0.656. The predicted molar refractivity (Wildman–Crippen MR) is 55.5 cm³/mol. The Morgan fingerprint density at radius 1 is 1.38 bits per heavy atom. The first-order chi connectivity index (χ1) is 7.79. The van der Waals surface area contributed by atoms with Gasteiger partial charge in [0.05, 0.1) is 19.5 Å². The number of nitrogen functional groups attached to an aromatic ring is 1. The zero-order valence-corrected chi connectivity index (χ0v) is 8.45. The van der Waals surface area contributed by atoms with Crippen molar-refractivity contribution in [1.29, 1.82) is 0 Å². The second-order valence-corrected chi connectivity index (χ2v) is 3.72. The number of rotatable bonds is 3. The van der Waals surface area contributed by atoms with Crippen LogP contribution in [0.1, 0.15) is 0 Å². The van der Waals surface area contributed by atoms with Gasteiger partial charge < -0.3 is 20.1 Å². The Bertz CT molecular complexity index is 526. The topological polar surface area (TPSA) is 102 Å². The molecule has 2 unspecified atom stereocenters. The lowest BCUT2D eigenvalue weighted by atomic mass is 10.3. The molecule has 16 heavy (non-hydrogen) atoms. The number of imidazole rings is 1. The zero-order valence-electron chi connectivity index (χ0n) is 8.45. The molecule has 1 aliphatic heterocycles. The summed E-state index contributed by atoms with van der Waals surface area (Å²) in [7, 11) is 0. The number of anilines is 1. The highest BCUT2D eigenvalue weighted by molar-refractivity contribution is 5.81. The maximum absolute atomic E-state index is 8.87. The summed E-state index contributed by atoms with van der Waals surface area (Å²) < 4.78 is 7.10. The third kappa shape index (κ3) is 1.41. The van der Waals surface area contributed by atoms with Crippen LogP contribution in [0, 0.1) is 0 Å². The maximum atomic E-state index is 8.87. The highest BCUT2D eigenvalue weighted by atomic mass is 16.6. The van der Waals surface area contributed by atoms with Crippen LogP contribution in [0.5, 0.6) is 0 Å². The molecule has 0 saturated carbocycles. The molecule has 3 rings (SSSR count). The van der Waals surface area contributed by atoms with Gasteiger partial charge in [0, 0.05) is 0 Å². The van der Waals surface area contributed by atoms with E-state index in [4.69, 9.17) is 15.6 Å². The molecular weight excluding hydrogens is 210 g/mol. The largest absolute Gasteiger partial charge is 0.394 e. The van der Waals surface area contributed by atoms with E-state index in [1.807, 2.05) is 4.57 Å². The Hall–Kier alpha value is -1.73. The van der Waals surface area contributed by atoms with Crippen LogP contribution in [-0.2, 0) is 11.3 Å². The average molecular weight is 221 g/mol. The lowest BCUT2D eigenvalue weighted by molar-refractivity contribution is 0.241. The highest BCUT2D eigenvalue weighted by Gasteiger charge is 2.38. The van der Waals surface area contributed by atoms with E-state index in [0.717, 1.165) is 0 Å². The number of fused-ring (bicyclic) bond motifs is 1. The Kier molecular flexibility index (Phi) is 2.01. The van der Waals surface area contributed by atoms with Crippen LogP contribution in [0.3, 0.4) is 0 Å². The Morgan fingerprint density at radius 3 is 3.00 bits per heavy atom. The molecule has 0 spiro atoms. The molecule has 84 valence electrons. The predicted octanol–water partition coefficient (Wildman–Crippen LogP) is -0.832. The summed E-state index contributed by atoms with van der Waals surface area (Å²) in [5.41, 5.74) is 6.97. The van der Waals surface area contributed by atoms with Gasteiger partial charge in [-0.15, -0.1) is 0 Å². The molecule has 1 fully saturated rings. The molecule has 0 aromatic carbocycles. The van der Waals surface area contributed by atoms with Crippen molar-refractivity contribution in [2.45, 2.75) is 18.8 Å². The summed E-state index contributed by atoms with van der Waals surface area (Å²) in [6.07, 6.45) is 3.05. The summed E-state index contributed by atoms with van der Waals surface area (Å²) >= 11 is 0. The van der Waals surface area contributed by atoms with Gasteiger partial charge >= 0.3 is 0 Å². The van der Waals surface area contributed by atoms with E-state index in [-0.39, 0.29) is 18.8 Å². The van der Waals surface area contributed by atoms with Crippen LogP contribution in [0.25, 0.3) is 11.2 Å². The minimum atomic E-state index is -0.0587. The van der Waals surface area contributed by atoms with E-state index in [2.05, 4.69) is 15.0 Å². The van der Waals surface area contributed by atoms with Crippen molar-refractivity contribution in [3.63, 3.8) is 0 Å². The van der Waals surface area contributed by atoms with Crippen LogP contribution < -0.4 is 5.73 Å². The van der Waals surface area contributed by atoms with Crippen molar-refractivity contribution in [3.05, 3.63) is 12.7 Å². The molecule has 3 N–H and O–H groups in total. The number of hydrogen-bond donors (Lipinski definition) is 2. The molecule has 7 nitrogen and oxygen atoms in total. The lowest BCUT2D eigenvalue weighted by Gasteiger charge is -1.99. The number of ether oxygens (including phenoxy) is 1. The Balaban J connectivity index is 1.90. The lowest BCUT2D eigenvalue weighted by Crippen LogP contribution is -2.08. The fourth-order valence-corrected chi connectivity index (χ4v) is 1.73. The van der Waals surface area contributed by atoms with Crippen molar-refractivity contribution < 1.29 is 9.84 Å². The first kappa shape index (κ1) is 9.49. The summed E-state index contributed by atoms with van der Waals surface area (Å²) in [5.74, 6) is 0.374. The zero-order chi connectivity index (χ0) is 11.1. The van der Waals surface area contributed by atoms with E-state index >= 15 is 0 Å². The molecule has 2 atom stereocenters. The van der Waals surface area contributed by atoms with E-state index in [0.29, 0.717) is 23.5 Å². The minimum Gasteiger partial charge on any atom is -0.394 e. The van der Waals surface area contributed by atoms with Crippen molar-refractivity contribution in [3.8, 4) is 0 Å². The number of hydrogen-bond acceptors (Lipinski definition) is 6. The first-order valence-electron chi connectivity index (χ1n) is 4.97. The molecule has 2 aromatic heterocycles. The molecule has 3 heterocycles. The molecule has 0 radical (unpaired) electrons. The Labute approximate surface area is 90.9 Å². The van der Waals surface area contributed by atoms with Crippen molar-refractivity contribution in [1.82, 2.24) is 19.5 Å². The minimum absolute atomic E-state index is 0.0404. The standard InChI is InChI=1S/C9H11N5O2/c10-8-7-9(12-3-11-8)14(4-13-7)1-5-6(2-15)16-5/h3-6,15H,1-2H2,(H2,10,11,12). The SMILES string of the molecule is Nc1ncnc2c1ncn2CC1OC1CO.